The second kappa shape index (κ2) is 9.63. The molecule has 0 aromatic carbocycles. The van der Waals surface area contributed by atoms with Gasteiger partial charge in [0.25, 0.3) is 5.91 Å². The minimum Gasteiger partial charge on any atom is -0.475 e. The predicted molar refractivity (Wildman–Crippen MR) is 106 cm³/mol. The number of piperidine rings is 1. The predicted octanol–water partition coefficient (Wildman–Crippen LogP) is 2.02. The molecule has 0 radical (unpaired) electrons. The van der Waals surface area contributed by atoms with Gasteiger partial charge in [-0.2, -0.15) is 18.3 Å². The van der Waals surface area contributed by atoms with Crippen LogP contribution in [0.5, 0.6) is 0 Å². The zero-order valence-corrected chi connectivity index (χ0v) is 17.5. The molecule has 4 rings (SSSR count). The number of aromatic nitrogens is 4. The Balaban J connectivity index is 0.000000360. The van der Waals surface area contributed by atoms with Crippen LogP contribution in [-0.2, 0) is 18.4 Å². The lowest BCUT2D eigenvalue weighted by atomic mass is 9.59. The van der Waals surface area contributed by atoms with E-state index in [0.29, 0.717) is 5.69 Å². The van der Waals surface area contributed by atoms with Crippen molar-refractivity contribution in [2.45, 2.75) is 44.4 Å². The average molecular weight is 454 g/mol. The Morgan fingerprint density at radius 1 is 1.22 bits per heavy atom. The summed E-state index contributed by atoms with van der Waals surface area (Å²) in [6.07, 6.45) is 8.15. The largest absolute Gasteiger partial charge is 0.490 e. The van der Waals surface area contributed by atoms with Crippen LogP contribution in [0.25, 0.3) is 0 Å². The van der Waals surface area contributed by atoms with E-state index < -0.39 is 12.1 Å². The van der Waals surface area contributed by atoms with E-state index >= 15 is 0 Å². The monoisotopic (exact) mass is 454 g/mol. The Hall–Kier alpha value is -3.02. The normalized spacial score (nSPS) is 20.1. The number of carbonyl (C=O) groups is 2. The number of hydrogen-bond donors (Lipinski definition) is 2. The van der Waals surface area contributed by atoms with Crippen molar-refractivity contribution in [2.75, 3.05) is 13.1 Å². The Morgan fingerprint density at radius 2 is 1.91 bits per heavy atom. The van der Waals surface area contributed by atoms with Crippen LogP contribution >= 0.6 is 0 Å². The fourth-order valence-electron chi connectivity index (χ4n) is 4.14. The molecule has 0 bridgehead atoms. The van der Waals surface area contributed by atoms with Crippen molar-refractivity contribution < 1.29 is 27.9 Å². The van der Waals surface area contributed by atoms with Crippen LogP contribution in [0.3, 0.4) is 0 Å². The maximum atomic E-state index is 12.3. The van der Waals surface area contributed by atoms with E-state index in [4.69, 9.17) is 9.90 Å². The average Bonchev–Trinajstić information content (AvgIpc) is 3.16. The zero-order valence-electron chi connectivity index (χ0n) is 17.5. The van der Waals surface area contributed by atoms with E-state index in [2.05, 4.69) is 31.5 Å². The van der Waals surface area contributed by atoms with Crippen molar-refractivity contribution in [1.29, 1.82) is 0 Å². The molecule has 2 aromatic rings. The molecule has 1 unspecified atom stereocenters. The molecule has 32 heavy (non-hydrogen) atoms. The number of carbonyl (C=O) groups excluding carboxylic acids is 1. The van der Waals surface area contributed by atoms with E-state index in [-0.39, 0.29) is 17.4 Å². The van der Waals surface area contributed by atoms with Gasteiger partial charge in [0.2, 0.25) is 0 Å². The second-order valence-electron chi connectivity index (χ2n) is 8.12. The first-order valence-corrected chi connectivity index (χ1v) is 10.2. The number of hydrogen-bond acceptors (Lipinski definition) is 6. The Bertz CT molecular complexity index is 926. The van der Waals surface area contributed by atoms with Crippen molar-refractivity contribution in [3.05, 3.63) is 42.2 Å². The number of amides is 1. The summed E-state index contributed by atoms with van der Waals surface area (Å²) in [4.78, 5) is 31.8. The molecule has 1 aliphatic heterocycles. The first-order chi connectivity index (χ1) is 15.1. The molecular weight excluding hydrogens is 429 g/mol. The van der Waals surface area contributed by atoms with Crippen molar-refractivity contribution in [1.82, 2.24) is 30.0 Å². The van der Waals surface area contributed by atoms with E-state index in [9.17, 15) is 18.0 Å². The molecule has 174 valence electrons. The lowest BCUT2D eigenvalue weighted by Gasteiger charge is -2.54. The molecule has 12 heteroatoms. The summed E-state index contributed by atoms with van der Waals surface area (Å²) in [6.45, 7) is 3.11. The number of nitrogens with zero attached hydrogens (tertiary/aromatic N) is 5. The van der Waals surface area contributed by atoms with Gasteiger partial charge < -0.3 is 10.4 Å². The maximum Gasteiger partial charge on any atom is 0.490 e. The molecule has 1 aliphatic carbocycles. The third-order valence-corrected chi connectivity index (χ3v) is 6.03. The fraction of sp³-hybridized carbons (Fsp3) is 0.550. The van der Waals surface area contributed by atoms with E-state index in [0.717, 1.165) is 38.9 Å². The van der Waals surface area contributed by atoms with Crippen LogP contribution in [0.1, 0.15) is 41.7 Å². The molecule has 2 aromatic heterocycles. The van der Waals surface area contributed by atoms with Crippen LogP contribution in [0, 0.1) is 5.41 Å². The highest BCUT2D eigenvalue weighted by atomic mass is 19.4. The topological polar surface area (TPSA) is 113 Å². The standard InChI is InChI=1S/C18H24N6O.C2HF3O2/c1-23-12-14(10-21-23)13-24-8-4-18(5-9-24)3-2-16(18)22-17(25)15-11-19-6-7-20-15;3-2(4,5)1(6)7/h6-7,10-12,16H,2-5,8-9,13H2,1H3,(H,22,25);(H,6,7). The summed E-state index contributed by atoms with van der Waals surface area (Å²) >= 11 is 0. The van der Waals surface area contributed by atoms with Crippen LogP contribution < -0.4 is 5.32 Å². The number of likely N-dealkylation sites (tertiary alicyclic amines) is 1. The number of aryl methyl sites for hydroxylation is 1. The molecule has 1 atom stereocenters. The van der Waals surface area contributed by atoms with Gasteiger partial charge in [-0.05, 0) is 44.2 Å². The minimum atomic E-state index is -5.08. The van der Waals surface area contributed by atoms with Gasteiger partial charge in [0.15, 0.2) is 0 Å². The molecule has 1 saturated carbocycles. The number of carboxylic acids is 1. The highest BCUT2D eigenvalue weighted by Crippen LogP contribution is 2.49. The molecule has 1 saturated heterocycles. The molecule has 9 nitrogen and oxygen atoms in total. The number of aliphatic carboxylic acids is 1. The van der Waals surface area contributed by atoms with E-state index in [1.165, 1.54) is 18.2 Å². The number of carboxylic acid groups (broad SMARTS) is 1. The molecule has 2 aliphatic rings. The highest BCUT2D eigenvalue weighted by molar-refractivity contribution is 5.92. The third-order valence-electron chi connectivity index (χ3n) is 6.03. The van der Waals surface area contributed by atoms with Crippen molar-refractivity contribution in [3.63, 3.8) is 0 Å². The Morgan fingerprint density at radius 3 is 2.38 bits per heavy atom. The third kappa shape index (κ3) is 5.81. The van der Waals surface area contributed by atoms with Crippen molar-refractivity contribution in [3.8, 4) is 0 Å². The quantitative estimate of drug-likeness (QED) is 0.727. The molecule has 2 fully saturated rings. The minimum absolute atomic E-state index is 0.102. The summed E-state index contributed by atoms with van der Waals surface area (Å²) < 4.78 is 33.6. The van der Waals surface area contributed by atoms with Crippen molar-refractivity contribution in [2.24, 2.45) is 12.5 Å². The van der Waals surface area contributed by atoms with Crippen LogP contribution in [0.15, 0.2) is 31.0 Å². The molecule has 1 amide bonds. The van der Waals surface area contributed by atoms with Gasteiger partial charge in [0.05, 0.1) is 12.4 Å². The van der Waals surface area contributed by atoms with Gasteiger partial charge in [-0.25, -0.2) is 9.78 Å². The fourth-order valence-corrected chi connectivity index (χ4v) is 4.14. The van der Waals surface area contributed by atoms with E-state index in [1.807, 2.05) is 17.9 Å². The lowest BCUT2D eigenvalue weighted by molar-refractivity contribution is -0.192. The smallest absolute Gasteiger partial charge is 0.475 e. The molecular formula is C20H25F3N6O3. The maximum absolute atomic E-state index is 12.3. The number of rotatable bonds is 4. The van der Waals surface area contributed by atoms with Gasteiger partial charge in [0.1, 0.15) is 5.69 Å². The van der Waals surface area contributed by atoms with E-state index in [1.54, 1.807) is 12.4 Å². The second-order valence-corrected chi connectivity index (χ2v) is 8.12. The summed E-state index contributed by atoms with van der Waals surface area (Å²) in [5.41, 5.74) is 1.93. The van der Waals surface area contributed by atoms with Crippen LogP contribution in [-0.4, -0.2) is 66.9 Å². The van der Waals surface area contributed by atoms with Gasteiger partial charge in [-0.1, -0.05) is 0 Å². The summed E-state index contributed by atoms with van der Waals surface area (Å²) in [6, 6.07) is 0.266. The molecule has 1 spiro atoms. The van der Waals surface area contributed by atoms with Gasteiger partial charge in [-0.3, -0.25) is 19.4 Å². The van der Waals surface area contributed by atoms with Crippen LogP contribution in [0.4, 0.5) is 13.2 Å². The number of nitrogens with one attached hydrogen (secondary N) is 1. The molecule has 3 heterocycles. The van der Waals surface area contributed by atoms with Gasteiger partial charge in [0, 0.05) is 43.8 Å². The summed E-state index contributed by atoms with van der Waals surface area (Å²) in [7, 11) is 1.95. The SMILES string of the molecule is Cn1cc(CN2CCC3(CCC3NC(=O)c3cnccn3)CC2)cn1.O=C(O)C(F)(F)F. The number of alkyl halides is 3. The number of halogens is 3. The van der Waals surface area contributed by atoms with Gasteiger partial charge >= 0.3 is 12.1 Å². The van der Waals surface area contributed by atoms with Crippen molar-refractivity contribution >= 4 is 11.9 Å². The first kappa shape index (κ1) is 23.6. The Kier molecular flexibility index (Phi) is 7.12. The lowest BCUT2D eigenvalue weighted by Crippen LogP contribution is -2.59. The summed E-state index contributed by atoms with van der Waals surface area (Å²) in [5.74, 6) is -2.86. The zero-order chi connectivity index (χ0) is 23.4. The summed E-state index contributed by atoms with van der Waals surface area (Å²) in [5, 5.41) is 14.6. The van der Waals surface area contributed by atoms with Gasteiger partial charge in [-0.15, -0.1) is 0 Å². The van der Waals surface area contributed by atoms with Crippen LogP contribution in [0.2, 0.25) is 0 Å². The first-order valence-electron chi connectivity index (χ1n) is 10.2. The Labute approximate surface area is 182 Å². The molecule has 2 N–H and O–H groups in total. The highest BCUT2D eigenvalue weighted by Gasteiger charge is 2.48.